The molecule has 0 saturated carbocycles. The highest BCUT2D eigenvalue weighted by atomic mass is 16.5. The van der Waals surface area contributed by atoms with Gasteiger partial charge in [-0.25, -0.2) is 0 Å². The third-order valence-corrected chi connectivity index (χ3v) is 1.17. The van der Waals surface area contributed by atoms with Crippen molar-refractivity contribution in [3.8, 4) is 0 Å². The van der Waals surface area contributed by atoms with Crippen molar-refractivity contribution in [2.75, 3.05) is 13.7 Å². The molecule has 0 aromatic carbocycles. The summed E-state index contributed by atoms with van der Waals surface area (Å²) in [4.78, 5) is 0. The van der Waals surface area contributed by atoms with Gasteiger partial charge in [0, 0.05) is 20.1 Å². The Morgan fingerprint density at radius 2 is 2.30 bits per heavy atom. The molecule has 0 aromatic heterocycles. The monoisotopic (exact) mass is 145 g/mol. The van der Waals surface area contributed by atoms with Crippen LogP contribution in [0, 0.1) is 5.92 Å². The van der Waals surface area contributed by atoms with Crippen LogP contribution in [0.5, 0.6) is 0 Å². The lowest BCUT2D eigenvalue weighted by molar-refractivity contribution is 0.162. The summed E-state index contributed by atoms with van der Waals surface area (Å²) < 4.78 is 4.90. The number of rotatable bonds is 4. The van der Waals surface area contributed by atoms with E-state index in [2.05, 4.69) is 5.10 Å². The van der Waals surface area contributed by atoms with Crippen molar-refractivity contribution in [1.82, 2.24) is 0 Å². The normalized spacial score (nSPS) is 15.2. The fraction of sp³-hybridized carbons (Fsp3) is 0.833. The van der Waals surface area contributed by atoms with E-state index in [1.807, 2.05) is 6.92 Å². The highest BCUT2D eigenvalue weighted by Crippen LogP contribution is 2.00. The van der Waals surface area contributed by atoms with Crippen LogP contribution >= 0.6 is 0 Å². The molecule has 4 N–H and O–H groups in total. The van der Waals surface area contributed by atoms with Gasteiger partial charge < -0.3 is 16.3 Å². The van der Waals surface area contributed by atoms with Gasteiger partial charge in [-0.2, -0.15) is 5.10 Å². The van der Waals surface area contributed by atoms with Gasteiger partial charge in [0.05, 0.1) is 0 Å². The van der Waals surface area contributed by atoms with Gasteiger partial charge in [0.1, 0.15) is 5.84 Å². The molecule has 0 aromatic rings. The van der Waals surface area contributed by atoms with Crippen molar-refractivity contribution in [2.45, 2.75) is 13.3 Å². The maximum atomic E-state index is 5.37. The second-order valence-corrected chi connectivity index (χ2v) is 2.39. The molecule has 0 aliphatic rings. The van der Waals surface area contributed by atoms with Crippen LogP contribution in [0.1, 0.15) is 13.3 Å². The molecule has 0 aliphatic heterocycles. The number of ether oxygens (including phenoxy) is 1. The van der Waals surface area contributed by atoms with Gasteiger partial charge in [-0.3, -0.25) is 0 Å². The van der Waals surface area contributed by atoms with Crippen LogP contribution in [-0.4, -0.2) is 19.6 Å². The van der Waals surface area contributed by atoms with E-state index in [4.69, 9.17) is 16.3 Å². The van der Waals surface area contributed by atoms with E-state index in [1.54, 1.807) is 7.11 Å². The molecular formula is C6H15N3O. The average Bonchev–Trinajstić information content (AvgIpc) is 1.88. The van der Waals surface area contributed by atoms with Crippen molar-refractivity contribution in [2.24, 2.45) is 22.6 Å². The maximum Gasteiger partial charge on any atom is 0.119 e. The quantitative estimate of drug-likeness (QED) is 0.251. The minimum atomic E-state index is 0.386. The van der Waals surface area contributed by atoms with Gasteiger partial charge in [-0.1, -0.05) is 6.92 Å². The molecule has 4 nitrogen and oxygen atoms in total. The predicted octanol–water partition coefficient (Wildman–Crippen LogP) is -0.110. The van der Waals surface area contributed by atoms with Crippen LogP contribution in [0.4, 0.5) is 0 Å². The van der Waals surface area contributed by atoms with Gasteiger partial charge in [0.15, 0.2) is 0 Å². The van der Waals surface area contributed by atoms with Crippen LogP contribution in [-0.2, 0) is 4.74 Å². The van der Waals surface area contributed by atoms with Crippen molar-refractivity contribution < 1.29 is 4.74 Å². The molecule has 10 heavy (non-hydrogen) atoms. The lowest BCUT2D eigenvalue weighted by atomic mass is 10.1. The summed E-state index contributed by atoms with van der Waals surface area (Å²) >= 11 is 0. The van der Waals surface area contributed by atoms with Crippen LogP contribution in [0.3, 0.4) is 0 Å². The minimum Gasteiger partial charge on any atom is -0.386 e. The van der Waals surface area contributed by atoms with E-state index in [0.29, 0.717) is 24.8 Å². The molecule has 0 spiro atoms. The van der Waals surface area contributed by atoms with Crippen molar-refractivity contribution in [3.05, 3.63) is 0 Å². The third kappa shape index (κ3) is 4.14. The summed E-state index contributed by atoms with van der Waals surface area (Å²) in [6, 6.07) is 0. The number of nitrogens with two attached hydrogens (primary N) is 2. The van der Waals surface area contributed by atoms with E-state index in [9.17, 15) is 0 Å². The van der Waals surface area contributed by atoms with Crippen molar-refractivity contribution >= 4 is 5.84 Å². The van der Waals surface area contributed by atoms with Gasteiger partial charge in [0.2, 0.25) is 0 Å². The summed E-state index contributed by atoms with van der Waals surface area (Å²) in [6.07, 6.45) is 0.699. The number of nitrogens with zero attached hydrogens (tertiary/aromatic N) is 1. The van der Waals surface area contributed by atoms with E-state index in [1.165, 1.54) is 0 Å². The predicted molar refractivity (Wildman–Crippen MR) is 41.5 cm³/mol. The van der Waals surface area contributed by atoms with Gasteiger partial charge in [0.25, 0.3) is 0 Å². The largest absolute Gasteiger partial charge is 0.386 e. The van der Waals surface area contributed by atoms with Gasteiger partial charge in [-0.05, 0) is 5.92 Å². The van der Waals surface area contributed by atoms with Crippen LogP contribution in [0.2, 0.25) is 0 Å². The first-order valence-electron chi connectivity index (χ1n) is 3.21. The van der Waals surface area contributed by atoms with Crippen LogP contribution in [0.25, 0.3) is 0 Å². The Hall–Kier alpha value is -0.770. The minimum absolute atomic E-state index is 0.386. The highest BCUT2D eigenvalue weighted by molar-refractivity contribution is 5.80. The molecule has 0 heterocycles. The zero-order valence-corrected chi connectivity index (χ0v) is 6.50. The molecule has 1 atom stereocenters. The molecular weight excluding hydrogens is 130 g/mol. The van der Waals surface area contributed by atoms with Crippen LogP contribution in [0.15, 0.2) is 5.10 Å². The summed E-state index contributed by atoms with van der Waals surface area (Å²) in [5.74, 6) is 5.80. The second-order valence-electron chi connectivity index (χ2n) is 2.39. The van der Waals surface area contributed by atoms with Gasteiger partial charge in [-0.15, -0.1) is 0 Å². The first-order chi connectivity index (χ1) is 4.70. The van der Waals surface area contributed by atoms with Crippen LogP contribution < -0.4 is 11.6 Å². The molecule has 0 fully saturated rings. The lowest BCUT2D eigenvalue weighted by Gasteiger charge is -2.07. The lowest BCUT2D eigenvalue weighted by Crippen LogP contribution is -2.19. The molecule has 0 aliphatic carbocycles. The van der Waals surface area contributed by atoms with E-state index < -0.39 is 0 Å². The van der Waals surface area contributed by atoms with Gasteiger partial charge >= 0.3 is 0 Å². The fourth-order valence-corrected chi connectivity index (χ4v) is 0.753. The Morgan fingerprint density at radius 1 is 1.70 bits per heavy atom. The number of amidine groups is 1. The summed E-state index contributed by atoms with van der Waals surface area (Å²) in [7, 11) is 1.66. The first kappa shape index (κ1) is 9.23. The maximum absolute atomic E-state index is 5.37. The van der Waals surface area contributed by atoms with E-state index in [-0.39, 0.29) is 0 Å². The molecule has 0 rings (SSSR count). The molecule has 1 unspecified atom stereocenters. The second kappa shape index (κ2) is 5.05. The smallest absolute Gasteiger partial charge is 0.119 e. The molecule has 0 bridgehead atoms. The number of hydrogen-bond donors (Lipinski definition) is 2. The third-order valence-electron chi connectivity index (χ3n) is 1.17. The highest BCUT2D eigenvalue weighted by Gasteiger charge is 2.02. The van der Waals surface area contributed by atoms with Crippen molar-refractivity contribution in [3.63, 3.8) is 0 Å². The topological polar surface area (TPSA) is 73.6 Å². The molecule has 0 saturated heterocycles. The fourth-order valence-electron chi connectivity index (χ4n) is 0.753. The van der Waals surface area contributed by atoms with E-state index >= 15 is 0 Å². The standard InChI is InChI=1S/C6H15N3O/c1-5(4-10-2)3-6(7)9-8/h5H,3-4,8H2,1-2H3,(H2,7,9). The first-order valence-corrected chi connectivity index (χ1v) is 3.21. The Bertz CT molecular complexity index is 114. The SMILES string of the molecule is COCC(C)C/C(N)=N/N. The molecule has 0 radical (unpaired) electrons. The van der Waals surface area contributed by atoms with Crippen molar-refractivity contribution in [1.29, 1.82) is 0 Å². The Morgan fingerprint density at radius 3 is 2.70 bits per heavy atom. The van der Waals surface area contributed by atoms with E-state index in [0.717, 1.165) is 0 Å². The summed E-state index contributed by atoms with van der Waals surface area (Å²) in [5.41, 5.74) is 5.37. The Balaban J connectivity index is 3.47. The zero-order chi connectivity index (χ0) is 7.98. The zero-order valence-electron chi connectivity index (χ0n) is 6.50. The molecule has 4 heteroatoms. The summed E-state index contributed by atoms with van der Waals surface area (Å²) in [5, 5.41) is 3.35. The Kier molecular flexibility index (Phi) is 4.66. The molecule has 60 valence electrons. The number of methoxy groups -OCH3 is 1. The number of hydrogen-bond acceptors (Lipinski definition) is 3. The Labute approximate surface area is 61.2 Å². The number of hydrazone groups is 1. The summed E-state index contributed by atoms with van der Waals surface area (Å²) in [6.45, 7) is 2.72. The average molecular weight is 145 g/mol. The molecule has 0 amide bonds.